The highest BCUT2D eigenvalue weighted by molar-refractivity contribution is 6.59. The Hall–Kier alpha value is -6.16. The Balaban J connectivity index is 1.21. The second-order valence-corrected chi connectivity index (χ2v) is 15.0. The third-order valence-electron chi connectivity index (χ3n) is 10.2. The maximum atomic E-state index is 10.7. The van der Waals surface area contributed by atoms with Crippen molar-refractivity contribution < 1.29 is 38.5 Å². The molecule has 0 saturated heterocycles. The standard InChI is InChI=1S/C48H45BO8/c1-48(2,3)36-28-34-30-56-41-18-10-8-16-39(41)52-24-26-54-43-22-20-32-12-4-6-14-37(32)45(43)46-38-15-7-5-13-33(38)21-23-44(46)55-27-25-53-40-17-9-11-19-42(40)57-31-35(29-36)47(34)49(50)51/h4-23,28-29,50-51H,24-27,30-31H2,1-3H3. The molecular formula is C48H45BO8. The van der Waals surface area contributed by atoms with Gasteiger partial charge in [-0.25, -0.2) is 0 Å². The maximum Gasteiger partial charge on any atom is 0.489 e. The second-order valence-electron chi connectivity index (χ2n) is 15.0. The van der Waals surface area contributed by atoms with Crippen molar-refractivity contribution in [1.29, 1.82) is 0 Å². The highest BCUT2D eigenvalue weighted by Crippen LogP contribution is 2.45. The molecule has 7 aromatic carbocycles. The third-order valence-corrected chi connectivity index (χ3v) is 10.2. The summed E-state index contributed by atoms with van der Waals surface area (Å²) >= 11 is 0. The van der Waals surface area contributed by atoms with Gasteiger partial charge in [0.1, 0.15) is 51.1 Å². The van der Waals surface area contributed by atoms with Gasteiger partial charge in [0.05, 0.1) is 0 Å². The molecule has 1 heterocycles. The first kappa shape index (κ1) is 37.8. The van der Waals surface area contributed by atoms with Crippen molar-refractivity contribution in [1.82, 2.24) is 0 Å². The minimum atomic E-state index is -1.77. The molecule has 0 radical (unpaired) electrons. The largest absolute Gasteiger partial charge is 0.489 e. The average molecular weight is 761 g/mol. The van der Waals surface area contributed by atoms with E-state index >= 15 is 0 Å². The molecule has 2 N–H and O–H groups in total. The molecule has 2 bridgehead atoms. The van der Waals surface area contributed by atoms with Crippen LogP contribution in [0.15, 0.2) is 133 Å². The van der Waals surface area contributed by atoms with E-state index in [2.05, 4.69) is 57.2 Å². The van der Waals surface area contributed by atoms with Gasteiger partial charge in [0, 0.05) is 11.1 Å². The highest BCUT2D eigenvalue weighted by atomic mass is 16.5. The van der Waals surface area contributed by atoms with Gasteiger partial charge in [-0.15, -0.1) is 0 Å². The lowest BCUT2D eigenvalue weighted by molar-refractivity contribution is 0.205. The molecule has 288 valence electrons. The van der Waals surface area contributed by atoms with Gasteiger partial charge in [-0.05, 0) is 85.5 Å². The van der Waals surface area contributed by atoms with Gasteiger partial charge < -0.3 is 38.5 Å². The van der Waals surface area contributed by atoms with Gasteiger partial charge in [0.2, 0.25) is 0 Å². The summed E-state index contributed by atoms with van der Waals surface area (Å²) in [5.41, 5.74) is 4.20. The van der Waals surface area contributed by atoms with E-state index in [1.165, 1.54) is 0 Å². The van der Waals surface area contributed by atoms with Crippen molar-refractivity contribution >= 4 is 34.1 Å². The first-order valence-electron chi connectivity index (χ1n) is 19.3. The Kier molecular flexibility index (Phi) is 10.9. The van der Waals surface area contributed by atoms with Gasteiger partial charge >= 0.3 is 7.12 Å². The van der Waals surface area contributed by atoms with Crippen molar-refractivity contribution in [3.05, 3.63) is 150 Å². The third kappa shape index (κ3) is 8.22. The Labute approximate surface area is 333 Å². The van der Waals surface area contributed by atoms with E-state index in [1.807, 2.05) is 97.1 Å². The second kappa shape index (κ2) is 16.5. The van der Waals surface area contributed by atoms with Crippen molar-refractivity contribution in [2.24, 2.45) is 0 Å². The summed E-state index contributed by atoms with van der Waals surface area (Å²) in [6.45, 7) is 7.46. The SMILES string of the molecule is CC(C)(C)c1cc2c(B(O)O)c(c1)COc1ccccc1OCCOc1ccc3ccccc3c1-c1c(ccc3ccccc13)OCCOc1ccccc1OC2. The number of hydrogen-bond donors (Lipinski definition) is 2. The molecule has 57 heavy (non-hydrogen) atoms. The number of rotatable bonds is 1. The molecule has 8 rings (SSSR count). The molecule has 1 aliphatic heterocycles. The maximum absolute atomic E-state index is 10.7. The minimum Gasteiger partial charge on any atom is -0.489 e. The fourth-order valence-corrected chi connectivity index (χ4v) is 7.34. The topological polar surface area (TPSA) is 95.8 Å². The first-order chi connectivity index (χ1) is 27.7. The van der Waals surface area contributed by atoms with Gasteiger partial charge in [0.15, 0.2) is 23.0 Å². The summed E-state index contributed by atoms with van der Waals surface area (Å²) < 4.78 is 38.5. The van der Waals surface area contributed by atoms with E-state index in [0.717, 1.165) is 38.2 Å². The van der Waals surface area contributed by atoms with Crippen LogP contribution in [0.2, 0.25) is 0 Å². The van der Waals surface area contributed by atoms with Crippen LogP contribution < -0.4 is 33.9 Å². The van der Waals surface area contributed by atoms with Crippen LogP contribution in [0, 0.1) is 0 Å². The van der Waals surface area contributed by atoms with Crippen LogP contribution in [0.25, 0.3) is 32.7 Å². The Morgan fingerprint density at radius 2 is 0.807 bits per heavy atom. The molecule has 7 aromatic rings. The molecule has 1 aliphatic rings. The van der Waals surface area contributed by atoms with Gasteiger partial charge in [0.25, 0.3) is 0 Å². The number of ether oxygens (including phenoxy) is 6. The smallest absolute Gasteiger partial charge is 0.489 e. The van der Waals surface area contributed by atoms with E-state index in [4.69, 9.17) is 28.4 Å². The lowest BCUT2D eigenvalue weighted by Crippen LogP contribution is -2.38. The summed E-state index contributed by atoms with van der Waals surface area (Å²) in [5.74, 6) is 3.52. The van der Waals surface area contributed by atoms with E-state index < -0.39 is 7.12 Å². The first-order valence-corrected chi connectivity index (χ1v) is 19.3. The highest BCUT2D eigenvalue weighted by Gasteiger charge is 2.26. The molecule has 0 atom stereocenters. The van der Waals surface area contributed by atoms with E-state index in [9.17, 15) is 10.0 Å². The van der Waals surface area contributed by atoms with Crippen LogP contribution in [0.1, 0.15) is 37.5 Å². The number of hydrogen-bond acceptors (Lipinski definition) is 8. The number of para-hydroxylation sites is 4. The zero-order chi connectivity index (χ0) is 39.4. The van der Waals surface area contributed by atoms with Gasteiger partial charge in [-0.3, -0.25) is 0 Å². The summed E-state index contributed by atoms with van der Waals surface area (Å²) in [6.07, 6.45) is 0. The summed E-state index contributed by atoms with van der Waals surface area (Å²) in [5, 5.41) is 25.7. The van der Waals surface area contributed by atoms with Crippen LogP contribution >= 0.6 is 0 Å². The quantitative estimate of drug-likeness (QED) is 0.160. The zero-order valence-corrected chi connectivity index (χ0v) is 32.4. The molecular weight excluding hydrogens is 715 g/mol. The van der Waals surface area contributed by atoms with Crippen molar-refractivity contribution in [3.8, 4) is 45.6 Å². The zero-order valence-electron chi connectivity index (χ0n) is 32.4. The van der Waals surface area contributed by atoms with Crippen molar-refractivity contribution in [3.63, 3.8) is 0 Å². The minimum absolute atomic E-state index is 0.0637. The van der Waals surface area contributed by atoms with Crippen molar-refractivity contribution in [2.45, 2.75) is 39.4 Å². The van der Waals surface area contributed by atoms with E-state index in [-0.39, 0.29) is 45.1 Å². The molecule has 0 unspecified atom stereocenters. The Morgan fingerprint density at radius 1 is 0.439 bits per heavy atom. The molecule has 8 nitrogen and oxygen atoms in total. The normalized spacial score (nSPS) is 13.8. The van der Waals surface area contributed by atoms with Gasteiger partial charge in [-0.2, -0.15) is 0 Å². The van der Waals surface area contributed by atoms with Crippen LogP contribution in [0.4, 0.5) is 0 Å². The molecule has 0 saturated carbocycles. The van der Waals surface area contributed by atoms with Crippen LogP contribution in [-0.2, 0) is 18.6 Å². The van der Waals surface area contributed by atoms with Crippen LogP contribution in [-0.4, -0.2) is 43.6 Å². The molecule has 9 heteroatoms. The summed E-state index contributed by atoms with van der Waals surface area (Å²) in [6, 6.07) is 43.6. The lowest BCUT2D eigenvalue weighted by Gasteiger charge is -2.25. The van der Waals surface area contributed by atoms with Crippen molar-refractivity contribution in [2.75, 3.05) is 26.4 Å². The molecule has 0 amide bonds. The summed E-state index contributed by atoms with van der Waals surface area (Å²) in [4.78, 5) is 0. The number of fused-ring (bicyclic) bond motifs is 11. The average Bonchev–Trinajstić information content (AvgIpc) is 3.22. The molecule has 0 fully saturated rings. The van der Waals surface area contributed by atoms with Gasteiger partial charge in [-0.1, -0.05) is 118 Å². The summed E-state index contributed by atoms with van der Waals surface area (Å²) in [7, 11) is -1.77. The lowest BCUT2D eigenvalue weighted by atomic mass is 9.71. The predicted octanol–water partition coefficient (Wildman–Crippen LogP) is 9.02. The van der Waals surface area contributed by atoms with E-state index in [1.54, 1.807) is 0 Å². The van der Waals surface area contributed by atoms with Crippen LogP contribution in [0.3, 0.4) is 0 Å². The Morgan fingerprint density at radius 3 is 1.21 bits per heavy atom. The molecule has 0 aromatic heterocycles. The Bertz CT molecular complexity index is 2360. The van der Waals surface area contributed by atoms with E-state index in [0.29, 0.717) is 51.1 Å². The number of benzene rings is 7. The fraction of sp³-hybridized carbons (Fsp3) is 0.208. The van der Waals surface area contributed by atoms with Crippen LogP contribution in [0.5, 0.6) is 34.5 Å². The predicted molar refractivity (Wildman–Crippen MR) is 225 cm³/mol. The molecule has 0 spiro atoms. The molecule has 0 aliphatic carbocycles. The fourth-order valence-electron chi connectivity index (χ4n) is 7.34. The monoisotopic (exact) mass is 760 g/mol.